The second-order valence-electron chi connectivity index (χ2n) is 4.35. The summed E-state index contributed by atoms with van der Waals surface area (Å²) in [6.45, 7) is 1.61. The van der Waals surface area contributed by atoms with E-state index in [9.17, 15) is 9.59 Å². The van der Waals surface area contributed by atoms with Gasteiger partial charge in [-0.1, -0.05) is 6.92 Å². The molecule has 0 saturated carbocycles. The first kappa shape index (κ1) is 14.0. The van der Waals surface area contributed by atoms with Crippen molar-refractivity contribution in [1.29, 1.82) is 0 Å². The molecule has 7 heteroatoms. The lowest BCUT2D eigenvalue weighted by molar-refractivity contribution is -0.136. The third kappa shape index (κ3) is 3.12. The number of imidazole rings is 1. The van der Waals surface area contributed by atoms with Gasteiger partial charge < -0.3 is 20.7 Å². The number of aromatic amines is 1. The molecule has 0 aliphatic rings. The van der Waals surface area contributed by atoms with Crippen LogP contribution in [0, 0.1) is 0 Å². The molecule has 106 valence electrons. The van der Waals surface area contributed by atoms with Gasteiger partial charge in [0.25, 0.3) is 0 Å². The lowest BCUT2D eigenvalue weighted by Crippen LogP contribution is -2.43. The Balaban J connectivity index is 2.01. The van der Waals surface area contributed by atoms with Gasteiger partial charge in [-0.05, 0) is 24.6 Å². The molecule has 2 rings (SSSR count). The van der Waals surface area contributed by atoms with Crippen LogP contribution >= 0.6 is 0 Å². The molecule has 0 radical (unpaired) electrons. The first-order chi connectivity index (χ1) is 9.63. The maximum absolute atomic E-state index is 11.7. The molecule has 0 fully saturated rings. The third-order valence-electron chi connectivity index (χ3n) is 2.93. The van der Waals surface area contributed by atoms with E-state index in [0.29, 0.717) is 12.1 Å². The molecule has 0 aliphatic heterocycles. The maximum Gasteiger partial charge on any atom is 0.313 e. The number of anilines is 1. The maximum atomic E-state index is 11.7. The molecule has 2 aromatic rings. The zero-order valence-electron chi connectivity index (χ0n) is 11.0. The van der Waals surface area contributed by atoms with Crippen molar-refractivity contribution in [3.05, 3.63) is 24.5 Å². The van der Waals surface area contributed by atoms with Crippen LogP contribution in [0.1, 0.15) is 13.3 Å². The number of hydrogen-bond acceptors (Lipinski definition) is 4. The third-order valence-corrected chi connectivity index (χ3v) is 2.93. The molecule has 1 atom stereocenters. The number of aromatic nitrogens is 2. The van der Waals surface area contributed by atoms with Crippen LogP contribution in [-0.4, -0.2) is 39.5 Å². The van der Waals surface area contributed by atoms with Crippen molar-refractivity contribution in [2.75, 3.05) is 11.9 Å². The molecule has 1 aromatic heterocycles. The summed E-state index contributed by atoms with van der Waals surface area (Å²) in [5.41, 5.74) is 2.04. The molecule has 20 heavy (non-hydrogen) atoms. The number of H-pyrrole nitrogens is 1. The molecule has 1 heterocycles. The molecule has 2 amide bonds. The van der Waals surface area contributed by atoms with Gasteiger partial charge in [-0.2, -0.15) is 0 Å². The minimum atomic E-state index is -0.768. The van der Waals surface area contributed by atoms with Gasteiger partial charge in [0.15, 0.2) is 0 Å². The van der Waals surface area contributed by atoms with E-state index < -0.39 is 17.9 Å². The van der Waals surface area contributed by atoms with Crippen molar-refractivity contribution in [2.24, 2.45) is 0 Å². The molecule has 0 saturated heterocycles. The number of rotatable bonds is 4. The summed E-state index contributed by atoms with van der Waals surface area (Å²) >= 11 is 0. The molecule has 0 aliphatic carbocycles. The van der Waals surface area contributed by atoms with Crippen LogP contribution in [0.25, 0.3) is 11.0 Å². The Hall–Kier alpha value is -2.41. The zero-order chi connectivity index (χ0) is 14.5. The highest BCUT2D eigenvalue weighted by molar-refractivity contribution is 6.39. The van der Waals surface area contributed by atoms with Crippen LogP contribution in [0.15, 0.2) is 24.5 Å². The number of fused-ring (bicyclic) bond motifs is 1. The zero-order valence-corrected chi connectivity index (χ0v) is 11.0. The summed E-state index contributed by atoms with van der Waals surface area (Å²) in [7, 11) is 0. The van der Waals surface area contributed by atoms with Crippen LogP contribution < -0.4 is 10.6 Å². The summed E-state index contributed by atoms with van der Waals surface area (Å²) in [5.74, 6) is -1.54. The Morgan fingerprint density at radius 3 is 2.90 bits per heavy atom. The standard InChI is InChI=1S/C13H16N4O3/c1-2-8(6-18)16-12(19)13(20)17-9-3-4-10-11(5-9)15-7-14-10/h3-5,7-8,18H,2,6H2,1H3,(H,14,15)(H,16,19)(H,17,20). The Bertz CT molecular complexity index is 619. The highest BCUT2D eigenvalue weighted by Crippen LogP contribution is 2.15. The minimum Gasteiger partial charge on any atom is -0.394 e. The monoisotopic (exact) mass is 276 g/mol. The van der Waals surface area contributed by atoms with E-state index in [0.717, 1.165) is 11.0 Å². The summed E-state index contributed by atoms with van der Waals surface area (Å²) in [6, 6.07) is 4.68. The summed E-state index contributed by atoms with van der Waals surface area (Å²) < 4.78 is 0. The molecular weight excluding hydrogens is 260 g/mol. The number of amides is 2. The molecule has 1 aromatic carbocycles. The first-order valence-electron chi connectivity index (χ1n) is 6.30. The van der Waals surface area contributed by atoms with Gasteiger partial charge in [0.05, 0.1) is 30.0 Å². The van der Waals surface area contributed by atoms with Crippen molar-refractivity contribution in [3.8, 4) is 0 Å². The van der Waals surface area contributed by atoms with E-state index in [1.54, 1.807) is 24.5 Å². The second kappa shape index (κ2) is 6.16. The van der Waals surface area contributed by atoms with Gasteiger partial charge in [-0.15, -0.1) is 0 Å². The van der Waals surface area contributed by atoms with E-state index >= 15 is 0 Å². The van der Waals surface area contributed by atoms with Crippen LogP contribution in [0.2, 0.25) is 0 Å². The quantitative estimate of drug-likeness (QED) is 0.606. The van der Waals surface area contributed by atoms with Gasteiger partial charge in [0.1, 0.15) is 0 Å². The number of aliphatic hydroxyl groups is 1. The second-order valence-corrected chi connectivity index (χ2v) is 4.35. The van der Waals surface area contributed by atoms with Gasteiger partial charge in [0.2, 0.25) is 0 Å². The molecule has 0 bridgehead atoms. The van der Waals surface area contributed by atoms with Crippen LogP contribution in [0.4, 0.5) is 5.69 Å². The Labute approximate surface area is 115 Å². The Morgan fingerprint density at radius 1 is 1.40 bits per heavy atom. The molecule has 1 unspecified atom stereocenters. The van der Waals surface area contributed by atoms with Crippen molar-refractivity contribution in [2.45, 2.75) is 19.4 Å². The number of aliphatic hydroxyl groups excluding tert-OH is 1. The lowest BCUT2D eigenvalue weighted by Gasteiger charge is -2.13. The van der Waals surface area contributed by atoms with Crippen molar-refractivity contribution < 1.29 is 14.7 Å². The van der Waals surface area contributed by atoms with Gasteiger partial charge in [0, 0.05) is 5.69 Å². The number of hydrogen-bond donors (Lipinski definition) is 4. The lowest BCUT2D eigenvalue weighted by atomic mass is 10.2. The van der Waals surface area contributed by atoms with Crippen LogP contribution in [0.3, 0.4) is 0 Å². The fourth-order valence-electron chi connectivity index (χ4n) is 1.73. The van der Waals surface area contributed by atoms with Crippen LogP contribution in [0.5, 0.6) is 0 Å². The van der Waals surface area contributed by atoms with Gasteiger partial charge >= 0.3 is 11.8 Å². The smallest absolute Gasteiger partial charge is 0.313 e. The minimum absolute atomic E-state index is 0.199. The SMILES string of the molecule is CCC(CO)NC(=O)C(=O)Nc1ccc2nc[nH]c2c1. The Morgan fingerprint density at radius 2 is 2.20 bits per heavy atom. The normalized spacial score (nSPS) is 12.1. The van der Waals surface area contributed by atoms with E-state index in [-0.39, 0.29) is 6.61 Å². The topological polar surface area (TPSA) is 107 Å². The average molecular weight is 276 g/mol. The first-order valence-corrected chi connectivity index (χ1v) is 6.30. The summed E-state index contributed by atoms with van der Waals surface area (Å²) in [6.07, 6.45) is 2.10. The number of nitrogens with zero attached hydrogens (tertiary/aromatic N) is 1. The highest BCUT2D eigenvalue weighted by Gasteiger charge is 2.17. The number of carbonyl (C=O) groups is 2. The molecule has 0 spiro atoms. The largest absolute Gasteiger partial charge is 0.394 e. The predicted molar refractivity (Wildman–Crippen MR) is 74.0 cm³/mol. The fraction of sp³-hybridized carbons (Fsp3) is 0.308. The van der Waals surface area contributed by atoms with Crippen molar-refractivity contribution in [1.82, 2.24) is 15.3 Å². The average Bonchev–Trinajstić information content (AvgIpc) is 2.91. The van der Waals surface area contributed by atoms with E-state index in [2.05, 4.69) is 20.6 Å². The number of benzene rings is 1. The number of nitrogens with one attached hydrogen (secondary N) is 3. The van der Waals surface area contributed by atoms with Gasteiger partial charge in [-0.3, -0.25) is 9.59 Å². The van der Waals surface area contributed by atoms with E-state index in [4.69, 9.17) is 5.11 Å². The van der Waals surface area contributed by atoms with Crippen molar-refractivity contribution >= 4 is 28.5 Å². The van der Waals surface area contributed by atoms with Crippen molar-refractivity contribution in [3.63, 3.8) is 0 Å². The summed E-state index contributed by atoms with van der Waals surface area (Å²) in [5, 5.41) is 13.9. The van der Waals surface area contributed by atoms with Gasteiger partial charge in [-0.25, -0.2) is 4.98 Å². The predicted octanol–water partition coefficient (Wildman–Crippen LogP) is 0.388. The highest BCUT2D eigenvalue weighted by atomic mass is 16.3. The fourth-order valence-corrected chi connectivity index (χ4v) is 1.73. The molecule has 4 N–H and O–H groups in total. The van der Waals surface area contributed by atoms with Crippen LogP contribution in [-0.2, 0) is 9.59 Å². The number of carbonyl (C=O) groups excluding carboxylic acids is 2. The van der Waals surface area contributed by atoms with E-state index in [1.807, 2.05) is 6.92 Å². The summed E-state index contributed by atoms with van der Waals surface area (Å²) in [4.78, 5) is 30.3. The molecular formula is C13H16N4O3. The Kier molecular flexibility index (Phi) is 4.31. The molecule has 7 nitrogen and oxygen atoms in total. The van der Waals surface area contributed by atoms with E-state index in [1.165, 1.54) is 0 Å².